The van der Waals surface area contributed by atoms with Crippen molar-refractivity contribution >= 4 is 26.8 Å². The maximum atomic E-state index is 14.0. The lowest BCUT2D eigenvalue weighted by Crippen LogP contribution is -2.38. The molecular weight excluding hydrogens is 519 g/mol. The second-order valence-corrected chi connectivity index (χ2v) is 12.2. The fraction of sp³-hybridized carbons (Fsp3) is 0.462. The molecule has 12 heteroatoms. The van der Waals surface area contributed by atoms with Gasteiger partial charge >= 0.3 is 6.18 Å². The van der Waals surface area contributed by atoms with Crippen molar-refractivity contribution in [2.45, 2.75) is 56.4 Å². The van der Waals surface area contributed by atoms with Gasteiger partial charge in [-0.2, -0.15) is 13.2 Å². The molecule has 0 radical (unpaired) electrons. The van der Waals surface area contributed by atoms with Crippen LogP contribution < -0.4 is 16.2 Å². The Morgan fingerprint density at radius 3 is 2.63 bits per heavy atom. The summed E-state index contributed by atoms with van der Waals surface area (Å²) in [6, 6.07) is 10.9. The molecule has 3 aromatic rings. The zero-order valence-corrected chi connectivity index (χ0v) is 21.7. The number of amides is 1. The van der Waals surface area contributed by atoms with E-state index < -0.39 is 27.7 Å². The van der Waals surface area contributed by atoms with Gasteiger partial charge in [-0.1, -0.05) is 25.5 Å². The Morgan fingerprint density at radius 1 is 1.16 bits per heavy atom. The second kappa shape index (κ2) is 10.3. The maximum absolute atomic E-state index is 14.0. The van der Waals surface area contributed by atoms with E-state index in [2.05, 4.69) is 21.2 Å². The van der Waals surface area contributed by atoms with Crippen LogP contribution in [0.3, 0.4) is 0 Å². The SMILES string of the molecule is CCS(=O)(=O)c1ccc(CNC(=O)c2ccc3c(c2)nc(C(F)(F)F)n3CC2CCCC3NNCC23)cc1. The average molecular weight is 550 g/mol. The van der Waals surface area contributed by atoms with Crippen LogP contribution in [0.5, 0.6) is 0 Å². The summed E-state index contributed by atoms with van der Waals surface area (Å²) in [5, 5.41) is 2.74. The molecule has 1 aliphatic carbocycles. The van der Waals surface area contributed by atoms with Crippen molar-refractivity contribution in [2.24, 2.45) is 11.8 Å². The number of rotatable bonds is 7. The van der Waals surface area contributed by atoms with Gasteiger partial charge in [0.2, 0.25) is 5.82 Å². The summed E-state index contributed by atoms with van der Waals surface area (Å²) in [5.74, 6) is -1.08. The summed E-state index contributed by atoms with van der Waals surface area (Å²) in [6.45, 7) is 2.64. The Balaban J connectivity index is 1.35. The molecule has 0 bridgehead atoms. The van der Waals surface area contributed by atoms with Gasteiger partial charge in [-0.05, 0) is 60.6 Å². The van der Waals surface area contributed by atoms with Gasteiger partial charge < -0.3 is 9.88 Å². The minimum absolute atomic E-state index is 0.00640. The Bertz CT molecular complexity index is 1440. The van der Waals surface area contributed by atoms with Crippen molar-refractivity contribution in [3.63, 3.8) is 0 Å². The normalized spacial score (nSPS) is 21.9. The number of nitrogens with one attached hydrogen (secondary N) is 3. The lowest BCUT2D eigenvalue weighted by Gasteiger charge is -2.33. The molecule has 1 amide bonds. The summed E-state index contributed by atoms with van der Waals surface area (Å²) in [6.07, 6.45) is -1.81. The summed E-state index contributed by atoms with van der Waals surface area (Å²) in [5.41, 5.74) is 7.74. The number of fused-ring (bicyclic) bond motifs is 2. The fourth-order valence-corrected chi connectivity index (χ4v) is 6.44. The van der Waals surface area contributed by atoms with Crippen LogP contribution in [-0.2, 0) is 29.1 Å². The number of aromatic nitrogens is 2. The molecule has 3 N–H and O–H groups in total. The van der Waals surface area contributed by atoms with Crippen molar-refractivity contribution in [2.75, 3.05) is 12.3 Å². The minimum Gasteiger partial charge on any atom is -0.348 e. The maximum Gasteiger partial charge on any atom is 0.449 e. The molecule has 0 spiro atoms. The van der Waals surface area contributed by atoms with Gasteiger partial charge in [-0.25, -0.2) is 13.4 Å². The molecular formula is C26H30F3N5O3S. The Hall–Kier alpha value is -2.96. The number of hydrogen-bond donors (Lipinski definition) is 3. The van der Waals surface area contributed by atoms with Crippen LogP contribution in [0.1, 0.15) is 47.9 Å². The van der Waals surface area contributed by atoms with Gasteiger partial charge in [0.15, 0.2) is 9.84 Å². The van der Waals surface area contributed by atoms with E-state index in [1.54, 1.807) is 19.1 Å². The number of hydrazine groups is 1. The lowest BCUT2D eigenvalue weighted by molar-refractivity contribution is -0.147. The first-order chi connectivity index (χ1) is 18.1. The number of carbonyl (C=O) groups is 1. The highest BCUT2D eigenvalue weighted by Crippen LogP contribution is 2.37. The van der Waals surface area contributed by atoms with Crippen LogP contribution in [0, 0.1) is 11.8 Å². The quantitative estimate of drug-likeness (QED) is 0.416. The molecule has 204 valence electrons. The van der Waals surface area contributed by atoms with Crippen LogP contribution >= 0.6 is 0 Å². The molecule has 2 aliphatic rings. The number of benzene rings is 2. The number of carbonyl (C=O) groups excluding carboxylic acids is 1. The summed E-state index contributed by atoms with van der Waals surface area (Å²) >= 11 is 0. The number of nitrogens with zero attached hydrogens (tertiary/aromatic N) is 2. The van der Waals surface area contributed by atoms with Crippen LogP contribution in [0.25, 0.3) is 11.0 Å². The van der Waals surface area contributed by atoms with Crippen LogP contribution in [0.4, 0.5) is 13.2 Å². The van der Waals surface area contributed by atoms with Crippen LogP contribution in [0.15, 0.2) is 47.4 Å². The molecule has 2 fully saturated rings. The van der Waals surface area contributed by atoms with Crippen molar-refractivity contribution in [1.82, 2.24) is 25.7 Å². The minimum atomic E-state index is -4.63. The van der Waals surface area contributed by atoms with Gasteiger partial charge in [-0.15, -0.1) is 0 Å². The fourth-order valence-electron chi connectivity index (χ4n) is 5.55. The molecule has 5 rings (SSSR count). The first-order valence-electron chi connectivity index (χ1n) is 12.7. The van der Waals surface area contributed by atoms with Gasteiger partial charge in [0.05, 0.1) is 21.7 Å². The zero-order chi connectivity index (χ0) is 27.1. The highest BCUT2D eigenvalue weighted by molar-refractivity contribution is 7.91. The second-order valence-electron chi connectivity index (χ2n) is 9.96. The Labute approximate surface area is 218 Å². The van der Waals surface area contributed by atoms with Gasteiger partial charge in [0.25, 0.3) is 5.91 Å². The van der Waals surface area contributed by atoms with Gasteiger partial charge in [-0.3, -0.25) is 15.6 Å². The number of halogens is 3. The lowest BCUT2D eigenvalue weighted by atomic mass is 9.77. The Kier molecular flexibility index (Phi) is 7.23. The van der Waals surface area contributed by atoms with E-state index in [1.807, 2.05) is 0 Å². The van der Waals surface area contributed by atoms with Crippen molar-refractivity contribution in [3.05, 3.63) is 59.4 Å². The number of imidazole rings is 1. The van der Waals surface area contributed by atoms with E-state index in [4.69, 9.17) is 0 Å². The largest absolute Gasteiger partial charge is 0.449 e. The topological polar surface area (TPSA) is 105 Å². The van der Waals surface area contributed by atoms with Gasteiger partial charge in [0, 0.05) is 31.2 Å². The predicted molar refractivity (Wildman–Crippen MR) is 136 cm³/mol. The molecule has 1 saturated heterocycles. The molecule has 38 heavy (non-hydrogen) atoms. The summed E-state index contributed by atoms with van der Waals surface area (Å²) in [4.78, 5) is 16.9. The monoisotopic (exact) mass is 549 g/mol. The molecule has 1 saturated carbocycles. The standard InChI is InChI=1S/C26H30F3N5O3S/c1-2-38(36,37)19-9-6-16(7-10-19)13-30-24(35)17-8-11-23-22(12-17)32-25(26(27,28)29)34(23)15-18-4-3-5-21-20(18)14-31-33-21/h6-12,18,20-21,31,33H,2-5,13-15H2,1H3,(H,30,35). The first-order valence-corrected chi connectivity index (χ1v) is 14.4. The van der Waals surface area contributed by atoms with Crippen LogP contribution in [0.2, 0.25) is 0 Å². The van der Waals surface area contributed by atoms with Gasteiger partial charge in [0.1, 0.15) is 0 Å². The predicted octanol–water partition coefficient (Wildman–Crippen LogP) is 3.67. The van der Waals surface area contributed by atoms with E-state index in [-0.39, 0.29) is 52.7 Å². The van der Waals surface area contributed by atoms with E-state index >= 15 is 0 Å². The molecule has 2 aromatic carbocycles. The molecule has 3 atom stereocenters. The van der Waals surface area contributed by atoms with Crippen LogP contribution in [-0.4, -0.2) is 42.2 Å². The molecule has 1 aromatic heterocycles. The number of hydrogen-bond acceptors (Lipinski definition) is 6. The molecule has 2 heterocycles. The highest BCUT2D eigenvalue weighted by Gasteiger charge is 2.41. The van der Waals surface area contributed by atoms with E-state index in [0.29, 0.717) is 11.1 Å². The van der Waals surface area contributed by atoms with E-state index in [1.165, 1.54) is 34.9 Å². The first kappa shape index (κ1) is 26.6. The molecule has 1 aliphatic heterocycles. The third kappa shape index (κ3) is 5.29. The Morgan fingerprint density at radius 2 is 1.92 bits per heavy atom. The third-order valence-electron chi connectivity index (χ3n) is 7.63. The zero-order valence-electron chi connectivity index (χ0n) is 20.9. The van der Waals surface area contributed by atoms with E-state index in [0.717, 1.165) is 25.8 Å². The van der Waals surface area contributed by atoms with Crippen molar-refractivity contribution in [1.29, 1.82) is 0 Å². The van der Waals surface area contributed by atoms with E-state index in [9.17, 15) is 26.4 Å². The number of alkyl halides is 3. The van der Waals surface area contributed by atoms with Crippen molar-refractivity contribution in [3.8, 4) is 0 Å². The molecule has 3 unspecified atom stereocenters. The van der Waals surface area contributed by atoms with Crippen molar-refractivity contribution < 1.29 is 26.4 Å². The summed E-state index contributed by atoms with van der Waals surface area (Å²) in [7, 11) is -3.32. The average Bonchev–Trinajstić information content (AvgIpc) is 3.53. The third-order valence-corrected chi connectivity index (χ3v) is 9.38. The summed E-state index contributed by atoms with van der Waals surface area (Å²) < 4.78 is 67.1. The highest BCUT2D eigenvalue weighted by atomic mass is 32.2. The number of sulfone groups is 1. The molecule has 8 nitrogen and oxygen atoms in total. The smallest absolute Gasteiger partial charge is 0.348 e.